The Morgan fingerprint density at radius 3 is 0.960 bits per heavy atom. The van der Waals surface area contributed by atoms with Crippen LogP contribution in [0.3, 0.4) is 0 Å². The molecule has 0 aromatic heterocycles. The zero-order valence-electron chi connectivity index (χ0n) is 18.1. The SMILES string of the molecule is CC(=O)O.CCCCC[P+](CCCCC)(CCCCC)CCCCC. The van der Waals surface area contributed by atoms with Crippen LogP contribution in [0.4, 0.5) is 0 Å². The van der Waals surface area contributed by atoms with E-state index >= 15 is 0 Å². The molecule has 0 aliphatic heterocycles. The van der Waals surface area contributed by atoms with Gasteiger partial charge in [0.15, 0.2) is 0 Å². The summed E-state index contributed by atoms with van der Waals surface area (Å²) in [5.74, 6) is -0.833. The molecule has 0 aliphatic rings. The lowest BCUT2D eigenvalue weighted by atomic mass is 10.3. The number of hydrogen-bond donors (Lipinski definition) is 1. The standard InChI is InChI=1S/C20H44P.C2H4O2/c1-5-9-13-17-21(18-14-10-6-2,19-15-11-7-3)20-16-12-8-4;1-2(3)4/h5-20H2,1-4H3;1H3,(H,3,4)/q+1;. The van der Waals surface area contributed by atoms with Gasteiger partial charge in [-0.1, -0.05) is 79.1 Å². The summed E-state index contributed by atoms with van der Waals surface area (Å²) in [5.41, 5.74) is 0. The maximum atomic E-state index is 9.00. The highest BCUT2D eigenvalue weighted by molar-refractivity contribution is 7.75. The summed E-state index contributed by atoms with van der Waals surface area (Å²) in [5, 5.41) is 7.42. The van der Waals surface area contributed by atoms with Crippen LogP contribution >= 0.6 is 7.26 Å². The second kappa shape index (κ2) is 20.2. The highest BCUT2D eigenvalue weighted by Gasteiger charge is 2.34. The van der Waals surface area contributed by atoms with Gasteiger partial charge in [-0.25, -0.2) is 0 Å². The Morgan fingerprint density at radius 2 is 0.800 bits per heavy atom. The van der Waals surface area contributed by atoms with Crippen LogP contribution in [0, 0.1) is 0 Å². The predicted molar refractivity (Wildman–Crippen MR) is 118 cm³/mol. The van der Waals surface area contributed by atoms with Crippen molar-refractivity contribution in [3.63, 3.8) is 0 Å². The van der Waals surface area contributed by atoms with Gasteiger partial charge in [-0.15, -0.1) is 0 Å². The first kappa shape index (κ1) is 27.1. The Kier molecular flexibility index (Phi) is 21.9. The van der Waals surface area contributed by atoms with E-state index in [1.165, 1.54) is 77.0 Å². The van der Waals surface area contributed by atoms with Gasteiger partial charge in [0.2, 0.25) is 0 Å². The van der Waals surface area contributed by atoms with E-state index in [-0.39, 0.29) is 0 Å². The highest BCUT2D eigenvalue weighted by atomic mass is 31.2. The molecule has 0 saturated heterocycles. The molecule has 0 radical (unpaired) electrons. The van der Waals surface area contributed by atoms with Gasteiger partial charge in [-0.2, -0.15) is 0 Å². The Hall–Kier alpha value is -0.100. The van der Waals surface area contributed by atoms with Crippen molar-refractivity contribution >= 4 is 13.2 Å². The molecular weight excluding hydrogens is 327 g/mol. The molecule has 0 spiro atoms. The Balaban J connectivity index is 0. The number of aliphatic carboxylic acids is 1. The van der Waals surface area contributed by atoms with Crippen LogP contribution in [0.5, 0.6) is 0 Å². The van der Waals surface area contributed by atoms with Gasteiger partial charge < -0.3 is 5.11 Å². The molecule has 0 fully saturated rings. The van der Waals surface area contributed by atoms with E-state index in [1.54, 1.807) is 24.6 Å². The van der Waals surface area contributed by atoms with Crippen LogP contribution in [0.1, 0.15) is 112 Å². The van der Waals surface area contributed by atoms with E-state index < -0.39 is 13.2 Å². The van der Waals surface area contributed by atoms with Gasteiger partial charge in [0.25, 0.3) is 5.97 Å². The number of hydrogen-bond acceptors (Lipinski definition) is 1. The van der Waals surface area contributed by atoms with Crippen molar-refractivity contribution in [1.82, 2.24) is 0 Å². The maximum absolute atomic E-state index is 9.00. The number of unbranched alkanes of at least 4 members (excludes halogenated alkanes) is 8. The molecule has 0 heterocycles. The van der Waals surface area contributed by atoms with E-state index in [0.717, 1.165) is 6.92 Å². The molecule has 0 aliphatic carbocycles. The lowest BCUT2D eigenvalue weighted by molar-refractivity contribution is -0.134. The number of carboxylic acid groups (broad SMARTS) is 1. The summed E-state index contributed by atoms with van der Waals surface area (Å²) < 4.78 is 0. The molecule has 0 aromatic carbocycles. The average Bonchev–Trinajstić information content (AvgIpc) is 2.55. The molecule has 0 unspecified atom stereocenters. The molecule has 0 saturated carbocycles. The van der Waals surface area contributed by atoms with Crippen molar-refractivity contribution < 1.29 is 9.90 Å². The number of carbonyl (C=O) groups is 1. The third-order valence-electron chi connectivity index (χ3n) is 4.94. The first-order valence-corrected chi connectivity index (χ1v) is 13.6. The fourth-order valence-corrected chi connectivity index (χ4v) is 8.38. The van der Waals surface area contributed by atoms with Crippen LogP contribution in [0.25, 0.3) is 0 Å². The number of carboxylic acids is 1. The molecule has 0 rings (SSSR count). The predicted octanol–water partition coefficient (Wildman–Crippen LogP) is 7.86. The zero-order chi connectivity index (χ0) is 19.4. The summed E-state index contributed by atoms with van der Waals surface area (Å²) in [6.07, 6.45) is 24.0. The molecule has 0 atom stereocenters. The van der Waals surface area contributed by atoms with Gasteiger partial charge in [0.05, 0.1) is 24.6 Å². The topological polar surface area (TPSA) is 37.3 Å². The summed E-state index contributed by atoms with van der Waals surface area (Å²) in [6, 6.07) is 0. The molecule has 2 nitrogen and oxygen atoms in total. The van der Waals surface area contributed by atoms with Gasteiger partial charge in [-0.05, 0) is 25.7 Å². The Bertz CT molecular complexity index is 230. The number of rotatable bonds is 16. The smallest absolute Gasteiger partial charge is 0.300 e. The monoisotopic (exact) mass is 375 g/mol. The van der Waals surface area contributed by atoms with Gasteiger partial charge in [-0.3, -0.25) is 4.79 Å². The first-order valence-electron chi connectivity index (χ1n) is 11.0. The largest absolute Gasteiger partial charge is 0.481 e. The molecule has 1 N–H and O–H groups in total. The second-order valence-corrected chi connectivity index (χ2v) is 12.1. The van der Waals surface area contributed by atoms with Crippen LogP contribution in [-0.2, 0) is 4.79 Å². The fraction of sp³-hybridized carbons (Fsp3) is 0.955. The van der Waals surface area contributed by atoms with Crippen LogP contribution in [0.2, 0.25) is 0 Å². The van der Waals surface area contributed by atoms with Crippen molar-refractivity contribution in [3.05, 3.63) is 0 Å². The summed E-state index contributed by atoms with van der Waals surface area (Å²) in [4.78, 5) is 9.00. The molecule has 0 aromatic rings. The van der Waals surface area contributed by atoms with Gasteiger partial charge in [0, 0.05) is 14.2 Å². The molecule has 0 bridgehead atoms. The Labute approximate surface area is 159 Å². The average molecular weight is 376 g/mol. The van der Waals surface area contributed by atoms with E-state index in [4.69, 9.17) is 9.90 Å². The van der Waals surface area contributed by atoms with Crippen molar-refractivity contribution in [1.29, 1.82) is 0 Å². The van der Waals surface area contributed by atoms with Crippen molar-refractivity contribution in [2.75, 3.05) is 24.6 Å². The van der Waals surface area contributed by atoms with Gasteiger partial charge >= 0.3 is 0 Å². The fourth-order valence-electron chi connectivity index (χ4n) is 3.46. The lowest BCUT2D eigenvalue weighted by Crippen LogP contribution is -2.13. The Morgan fingerprint density at radius 1 is 0.600 bits per heavy atom. The summed E-state index contributed by atoms with van der Waals surface area (Å²) in [6.45, 7) is 10.5. The van der Waals surface area contributed by atoms with E-state index in [2.05, 4.69) is 27.7 Å². The van der Waals surface area contributed by atoms with E-state index in [1.807, 2.05) is 0 Å². The normalized spacial score (nSPS) is 11.1. The minimum Gasteiger partial charge on any atom is -0.481 e. The highest BCUT2D eigenvalue weighted by Crippen LogP contribution is 2.61. The van der Waals surface area contributed by atoms with Crippen LogP contribution < -0.4 is 0 Å². The maximum Gasteiger partial charge on any atom is 0.300 e. The van der Waals surface area contributed by atoms with E-state index in [9.17, 15) is 0 Å². The molecule has 152 valence electrons. The third-order valence-corrected chi connectivity index (χ3v) is 10.0. The summed E-state index contributed by atoms with van der Waals surface area (Å²) in [7, 11) is -0.615. The third kappa shape index (κ3) is 20.1. The quantitative estimate of drug-likeness (QED) is 0.220. The molecule has 25 heavy (non-hydrogen) atoms. The molecule has 0 amide bonds. The molecular formula is C22H48O2P+. The van der Waals surface area contributed by atoms with Crippen molar-refractivity contribution in [3.8, 4) is 0 Å². The van der Waals surface area contributed by atoms with Crippen LogP contribution in [-0.4, -0.2) is 35.7 Å². The van der Waals surface area contributed by atoms with Crippen LogP contribution in [0.15, 0.2) is 0 Å². The minimum absolute atomic E-state index is 0.615. The lowest BCUT2D eigenvalue weighted by Gasteiger charge is -2.28. The zero-order valence-corrected chi connectivity index (χ0v) is 19.0. The van der Waals surface area contributed by atoms with Crippen molar-refractivity contribution in [2.24, 2.45) is 0 Å². The molecule has 3 heteroatoms. The first-order chi connectivity index (χ1) is 12.0. The minimum atomic E-state index is -0.833. The summed E-state index contributed by atoms with van der Waals surface area (Å²) >= 11 is 0. The van der Waals surface area contributed by atoms with Crippen molar-refractivity contribution in [2.45, 2.75) is 112 Å². The van der Waals surface area contributed by atoms with E-state index in [0.29, 0.717) is 0 Å². The second-order valence-electron chi connectivity index (χ2n) is 7.58. The van der Waals surface area contributed by atoms with Gasteiger partial charge in [0.1, 0.15) is 0 Å².